The molecular weight excluding hydrogens is 418 g/mol. The third-order valence-electron chi connectivity index (χ3n) is 5.61. The molecule has 1 aromatic rings. The standard InChI is InChI=1S/C22H33N3O4.C4H10/c1-14(2)13-17(19(22(28)29)16-9-5-4-6-10-16)21(27)24-15(3)20(26)25-18-11-7-8-12-23-18;1-4(2)3/h7-8,11-12,14-17,19H,4-6,9-10,13H2,1-3H3,(H,24,27)(H,28,29)(H,23,25,26);4H,1-3H3/t15-,17?,19-;/m0./s1. The molecule has 1 saturated carbocycles. The number of nitrogens with one attached hydrogen (secondary N) is 2. The van der Waals surface area contributed by atoms with Gasteiger partial charge in [0.05, 0.1) is 11.8 Å². The Bertz CT molecular complexity index is 728. The van der Waals surface area contributed by atoms with E-state index in [-0.39, 0.29) is 23.7 Å². The monoisotopic (exact) mass is 461 g/mol. The van der Waals surface area contributed by atoms with E-state index in [1.54, 1.807) is 31.3 Å². The number of amides is 2. The van der Waals surface area contributed by atoms with Crippen LogP contribution in [0.4, 0.5) is 5.82 Å². The van der Waals surface area contributed by atoms with Crippen molar-refractivity contribution in [3.63, 3.8) is 0 Å². The fourth-order valence-corrected chi connectivity index (χ4v) is 4.18. The predicted molar refractivity (Wildman–Crippen MR) is 132 cm³/mol. The van der Waals surface area contributed by atoms with Crippen LogP contribution in [0.3, 0.4) is 0 Å². The van der Waals surface area contributed by atoms with Crippen molar-refractivity contribution in [3.05, 3.63) is 24.4 Å². The van der Waals surface area contributed by atoms with Gasteiger partial charge in [-0.2, -0.15) is 0 Å². The van der Waals surface area contributed by atoms with Crippen LogP contribution in [0.1, 0.15) is 80.1 Å². The summed E-state index contributed by atoms with van der Waals surface area (Å²) in [6.07, 6.45) is 6.87. The summed E-state index contributed by atoms with van der Waals surface area (Å²) in [5, 5.41) is 15.3. The largest absolute Gasteiger partial charge is 0.481 e. The molecule has 1 unspecified atom stereocenters. The molecule has 0 aromatic carbocycles. The zero-order valence-corrected chi connectivity index (χ0v) is 21.1. The van der Waals surface area contributed by atoms with Crippen molar-refractivity contribution in [3.8, 4) is 0 Å². The van der Waals surface area contributed by atoms with Crippen molar-refractivity contribution < 1.29 is 19.5 Å². The minimum atomic E-state index is -0.914. The van der Waals surface area contributed by atoms with Gasteiger partial charge in [-0.1, -0.05) is 59.9 Å². The number of aliphatic carboxylic acids is 1. The Hall–Kier alpha value is -2.44. The minimum Gasteiger partial charge on any atom is -0.481 e. The topological polar surface area (TPSA) is 108 Å². The number of hydrogen-bond acceptors (Lipinski definition) is 4. The van der Waals surface area contributed by atoms with Crippen LogP contribution in [-0.2, 0) is 14.4 Å². The molecule has 2 amide bonds. The molecule has 1 aromatic heterocycles. The molecule has 1 aliphatic carbocycles. The zero-order chi connectivity index (χ0) is 25.0. The van der Waals surface area contributed by atoms with Crippen molar-refractivity contribution in [2.24, 2.45) is 29.6 Å². The Kier molecular flexibility index (Phi) is 12.7. The molecule has 7 nitrogen and oxygen atoms in total. The van der Waals surface area contributed by atoms with Crippen molar-refractivity contribution in [2.75, 3.05) is 5.32 Å². The number of anilines is 1. The number of carboxylic acids is 1. The SMILES string of the molecule is CC(C)C.CC(C)CC(C(=O)N[C@@H](C)C(=O)Nc1ccccn1)[C@@H](C(=O)O)C1CCCCC1. The number of rotatable bonds is 9. The van der Waals surface area contributed by atoms with Crippen LogP contribution in [-0.4, -0.2) is 33.9 Å². The van der Waals surface area contributed by atoms with E-state index in [9.17, 15) is 19.5 Å². The average molecular weight is 462 g/mol. The lowest BCUT2D eigenvalue weighted by molar-refractivity contribution is -0.151. The molecule has 2 rings (SSSR count). The Balaban J connectivity index is 0.00000125. The van der Waals surface area contributed by atoms with E-state index in [2.05, 4.69) is 36.4 Å². The smallest absolute Gasteiger partial charge is 0.307 e. The lowest BCUT2D eigenvalue weighted by Crippen LogP contribution is -2.48. The summed E-state index contributed by atoms with van der Waals surface area (Å²) < 4.78 is 0. The summed E-state index contributed by atoms with van der Waals surface area (Å²) in [4.78, 5) is 41.6. The van der Waals surface area contributed by atoms with Gasteiger partial charge in [0.15, 0.2) is 0 Å². The normalized spacial score (nSPS) is 16.8. The van der Waals surface area contributed by atoms with Gasteiger partial charge in [-0.05, 0) is 56.1 Å². The summed E-state index contributed by atoms with van der Waals surface area (Å²) >= 11 is 0. The van der Waals surface area contributed by atoms with E-state index in [0.717, 1.165) is 38.0 Å². The first-order chi connectivity index (χ1) is 15.5. The molecule has 0 radical (unpaired) electrons. The Morgan fingerprint density at radius 2 is 1.61 bits per heavy atom. The van der Waals surface area contributed by atoms with Crippen LogP contribution in [0.2, 0.25) is 0 Å². The van der Waals surface area contributed by atoms with E-state index in [1.807, 2.05) is 13.8 Å². The molecule has 186 valence electrons. The average Bonchev–Trinajstić information content (AvgIpc) is 2.73. The number of nitrogens with zero attached hydrogens (tertiary/aromatic N) is 1. The van der Waals surface area contributed by atoms with Gasteiger partial charge in [0, 0.05) is 6.20 Å². The maximum Gasteiger partial charge on any atom is 0.307 e. The second kappa shape index (κ2) is 14.7. The first-order valence-corrected chi connectivity index (χ1v) is 12.3. The highest BCUT2D eigenvalue weighted by atomic mass is 16.4. The Morgan fingerprint density at radius 1 is 1.00 bits per heavy atom. The zero-order valence-electron chi connectivity index (χ0n) is 21.1. The molecule has 1 fully saturated rings. The van der Waals surface area contributed by atoms with E-state index in [1.165, 1.54) is 0 Å². The summed E-state index contributed by atoms with van der Waals surface area (Å²) in [7, 11) is 0. The van der Waals surface area contributed by atoms with Crippen molar-refractivity contribution >= 4 is 23.6 Å². The molecular formula is C26H43N3O4. The maximum absolute atomic E-state index is 13.1. The fourth-order valence-electron chi connectivity index (χ4n) is 4.18. The Labute approximate surface area is 199 Å². The molecule has 3 atom stereocenters. The van der Waals surface area contributed by atoms with E-state index in [0.29, 0.717) is 12.2 Å². The fraction of sp³-hybridized carbons (Fsp3) is 0.692. The first kappa shape index (κ1) is 28.6. The van der Waals surface area contributed by atoms with E-state index >= 15 is 0 Å². The van der Waals surface area contributed by atoms with Crippen molar-refractivity contribution in [2.45, 2.75) is 86.1 Å². The molecule has 1 aliphatic rings. The number of carboxylic acid groups (broad SMARTS) is 1. The van der Waals surface area contributed by atoms with Crippen LogP contribution in [0.25, 0.3) is 0 Å². The van der Waals surface area contributed by atoms with Gasteiger partial charge in [-0.15, -0.1) is 0 Å². The van der Waals surface area contributed by atoms with Crippen LogP contribution < -0.4 is 10.6 Å². The number of carbonyl (C=O) groups excluding carboxylic acids is 2. The molecule has 33 heavy (non-hydrogen) atoms. The maximum atomic E-state index is 13.1. The lowest BCUT2D eigenvalue weighted by atomic mass is 9.71. The summed E-state index contributed by atoms with van der Waals surface area (Å²) in [6, 6.07) is 4.37. The number of hydrogen-bond donors (Lipinski definition) is 3. The van der Waals surface area contributed by atoms with Crippen LogP contribution >= 0.6 is 0 Å². The first-order valence-electron chi connectivity index (χ1n) is 12.3. The third kappa shape index (κ3) is 10.8. The summed E-state index contributed by atoms with van der Waals surface area (Å²) in [5.41, 5.74) is 0. The second-order valence-electron chi connectivity index (χ2n) is 10.2. The van der Waals surface area contributed by atoms with E-state index < -0.39 is 23.8 Å². The van der Waals surface area contributed by atoms with Crippen LogP contribution in [0, 0.1) is 29.6 Å². The van der Waals surface area contributed by atoms with E-state index in [4.69, 9.17) is 0 Å². The lowest BCUT2D eigenvalue weighted by Gasteiger charge is -2.33. The number of pyridine rings is 1. The number of aromatic nitrogens is 1. The molecule has 1 heterocycles. The molecule has 0 saturated heterocycles. The highest BCUT2D eigenvalue weighted by Gasteiger charge is 2.40. The van der Waals surface area contributed by atoms with Gasteiger partial charge >= 0.3 is 5.97 Å². The number of carbonyl (C=O) groups is 3. The van der Waals surface area contributed by atoms with Crippen molar-refractivity contribution in [1.29, 1.82) is 0 Å². The van der Waals surface area contributed by atoms with Gasteiger partial charge < -0.3 is 15.7 Å². The Morgan fingerprint density at radius 3 is 2.09 bits per heavy atom. The van der Waals surface area contributed by atoms with Crippen molar-refractivity contribution in [1.82, 2.24) is 10.3 Å². The minimum absolute atomic E-state index is 0.00778. The second-order valence-corrected chi connectivity index (χ2v) is 10.2. The van der Waals surface area contributed by atoms with Gasteiger partial charge in [-0.3, -0.25) is 14.4 Å². The van der Waals surface area contributed by atoms with Gasteiger partial charge in [-0.25, -0.2) is 4.98 Å². The van der Waals surface area contributed by atoms with Gasteiger partial charge in [0.1, 0.15) is 11.9 Å². The molecule has 0 bridgehead atoms. The van der Waals surface area contributed by atoms with Crippen LogP contribution in [0.5, 0.6) is 0 Å². The highest BCUT2D eigenvalue weighted by Crippen LogP contribution is 2.36. The third-order valence-corrected chi connectivity index (χ3v) is 5.61. The highest BCUT2D eigenvalue weighted by molar-refractivity contribution is 5.97. The van der Waals surface area contributed by atoms with Gasteiger partial charge in [0.2, 0.25) is 11.8 Å². The predicted octanol–water partition coefficient (Wildman–Crippen LogP) is 5.13. The molecule has 0 aliphatic heterocycles. The molecule has 7 heteroatoms. The molecule has 3 N–H and O–H groups in total. The summed E-state index contributed by atoms with van der Waals surface area (Å²) in [6.45, 7) is 12.1. The van der Waals surface area contributed by atoms with Crippen LogP contribution in [0.15, 0.2) is 24.4 Å². The molecule has 0 spiro atoms. The quantitative estimate of drug-likeness (QED) is 0.472. The summed E-state index contributed by atoms with van der Waals surface area (Å²) in [5.74, 6) is -1.61. The van der Waals surface area contributed by atoms with Gasteiger partial charge in [0.25, 0.3) is 0 Å².